The molecule has 0 aliphatic carbocycles. The van der Waals surface area contributed by atoms with E-state index in [9.17, 15) is 19.5 Å². The molecule has 2 bridgehead atoms. The van der Waals surface area contributed by atoms with E-state index in [1.54, 1.807) is 24.0 Å². The molecule has 3 saturated heterocycles. The van der Waals surface area contributed by atoms with E-state index in [1.165, 1.54) is 4.90 Å². The van der Waals surface area contributed by atoms with E-state index in [1.807, 2.05) is 38.1 Å². The van der Waals surface area contributed by atoms with Crippen LogP contribution in [0.1, 0.15) is 47.5 Å². The van der Waals surface area contributed by atoms with Crippen LogP contribution in [0.2, 0.25) is 0 Å². The van der Waals surface area contributed by atoms with Crippen LogP contribution in [0.3, 0.4) is 0 Å². The molecule has 0 aromatic heterocycles. The van der Waals surface area contributed by atoms with E-state index in [0.29, 0.717) is 18.5 Å². The molecule has 0 saturated carbocycles. The summed E-state index contributed by atoms with van der Waals surface area (Å²) in [6, 6.07) is 6.08. The minimum atomic E-state index is -1.23. The van der Waals surface area contributed by atoms with Crippen molar-refractivity contribution in [3.63, 3.8) is 0 Å². The monoisotopic (exact) mass is 567 g/mol. The molecule has 0 radical (unpaired) electrons. The van der Waals surface area contributed by atoms with Gasteiger partial charge >= 0.3 is 5.97 Å². The topological polar surface area (TPSA) is 99.6 Å². The van der Waals surface area contributed by atoms with Gasteiger partial charge in [0.15, 0.2) is 0 Å². The van der Waals surface area contributed by atoms with E-state index in [2.05, 4.69) is 31.9 Å². The summed E-state index contributed by atoms with van der Waals surface area (Å²) in [6.45, 7) is 19.1. The number of likely N-dealkylation sites (tertiary alicyclic amines) is 1. The molecule has 3 fully saturated rings. The summed E-state index contributed by atoms with van der Waals surface area (Å²) in [5, 5.41) is 10.2. The number of hydrogen-bond donors (Lipinski definition) is 1. The number of carbonyl (C=O) groups is 3. The highest BCUT2D eigenvalue weighted by Gasteiger charge is 2.80. The Morgan fingerprint density at radius 1 is 1.20 bits per heavy atom. The Morgan fingerprint density at radius 2 is 1.83 bits per heavy atom. The van der Waals surface area contributed by atoms with Crippen LogP contribution in [0.15, 0.2) is 49.6 Å². The van der Waals surface area contributed by atoms with Crippen LogP contribution in [-0.4, -0.2) is 83.9 Å². The lowest BCUT2D eigenvalue weighted by atomic mass is 9.62. The summed E-state index contributed by atoms with van der Waals surface area (Å²) in [5.74, 6) is -3.05. The Kier molecular flexibility index (Phi) is 8.99. The lowest BCUT2D eigenvalue weighted by molar-refractivity contribution is -0.162. The number of fused-ring (bicyclic) bond motifs is 1. The highest BCUT2D eigenvalue weighted by Crippen LogP contribution is 2.65. The van der Waals surface area contributed by atoms with E-state index in [4.69, 9.17) is 9.47 Å². The number of esters is 1. The zero-order valence-corrected chi connectivity index (χ0v) is 25.0. The minimum absolute atomic E-state index is 0.107. The van der Waals surface area contributed by atoms with Gasteiger partial charge in [-0.05, 0) is 70.7 Å². The van der Waals surface area contributed by atoms with E-state index in [-0.39, 0.29) is 37.5 Å². The van der Waals surface area contributed by atoms with Crippen molar-refractivity contribution in [3.8, 4) is 0 Å². The first kappa shape index (κ1) is 30.8. The maximum atomic E-state index is 14.7. The maximum absolute atomic E-state index is 14.7. The molecule has 224 valence electrons. The Bertz CT molecular complexity index is 1170. The highest BCUT2D eigenvalue weighted by molar-refractivity contribution is 6.05. The van der Waals surface area contributed by atoms with Gasteiger partial charge < -0.3 is 29.3 Å². The second kappa shape index (κ2) is 12.0. The number of amides is 2. The summed E-state index contributed by atoms with van der Waals surface area (Å²) in [6.07, 6.45) is 4.25. The predicted octanol–water partition coefficient (Wildman–Crippen LogP) is 3.56. The van der Waals surface area contributed by atoms with Crippen molar-refractivity contribution in [2.45, 2.75) is 70.7 Å². The van der Waals surface area contributed by atoms with Gasteiger partial charge in [0.2, 0.25) is 5.91 Å². The quantitative estimate of drug-likeness (QED) is 0.221. The molecule has 41 heavy (non-hydrogen) atoms. The molecule has 2 amide bonds. The molecule has 3 unspecified atom stereocenters. The number of benzene rings is 1. The molecule has 4 rings (SSSR count). The van der Waals surface area contributed by atoms with Gasteiger partial charge in [0.25, 0.3) is 5.91 Å². The number of nitrogens with zero attached hydrogens (tertiary/aromatic N) is 3. The molecule has 3 heterocycles. The van der Waals surface area contributed by atoms with E-state index >= 15 is 0 Å². The van der Waals surface area contributed by atoms with Gasteiger partial charge in [-0.1, -0.05) is 19.1 Å². The average molecular weight is 568 g/mol. The minimum Gasteiger partial charge on any atom is -0.465 e. The van der Waals surface area contributed by atoms with Crippen LogP contribution >= 0.6 is 0 Å². The Morgan fingerprint density at radius 3 is 2.39 bits per heavy atom. The smallest absolute Gasteiger partial charge is 0.312 e. The van der Waals surface area contributed by atoms with Crippen LogP contribution in [0.4, 0.5) is 11.4 Å². The van der Waals surface area contributed by atoms with Crippen LogP contribution in [0, 0.1) is 17.8 Å². The third-order valence-electron chi connectivity index (χ3n) is 9.41. The van der Waals surface area contributed by atoms with Crippen LogP contribution in [0.5, 0.6) is 0 Å². The molecular formula is C32H45N3O6. The molecule has 1 aromatic rings. The molecule has 9 heteroatoms. The van der Waals surface area contributed by atoms with Crippen molar-refractivity contribution in [1.29, 1.82) is 0 Å². The number of aliphatic hydroxyl groups excluding tert-OH is 1. The van der Waals surface area contributed by atoms with Crippen molar-refractivity contribution in [3.05, 3.63) is 49.6 Å². The summed E-state index contributed by atoms with van der Waals surface area (Å²) in [7, 11) is 0. The largest absolute Gasteiger partial charge is 0.465 e. The fraction of sp³-hybridized carbons (Fsp3) is 0.594. The molecule has 1 N–H and O–H groups in total. The average Bonchev–Trinajstić information content (AvgIpc) is 3.48. The first-order valence-electron chi connectivity index (χ1n) is 14.7. The van der Waals surface area contributed by atoms with Crippen molar-refractivity contribution in [2.24, 2.45) is 17.8 Å². The standard InChI is InChI=1S/C32H45N3O6/c1-8-12-18-40-30(39)26-25-28(37)35(22(6)20-36)27(32(25)19-21(5)31(26,7)41-32)29(38)34(17-9-2)24-15-13-23(14-16-24)33(10-3)11-4/h8-9,13-16,21-22,25-27,36H,1-2,10-12,17-20H2,3-7H3/t21?,22-,25+,26-,27?,31+,32?/m1/s1. The fourth-order valence-corrected chi connectivity index (χ4v) is 7.24. The lowest BCUT2D eigenvalue weighted by Gasteiger charge is -2.38. The van der Waals surface area contributed by atoms with Crippen molar-refractivity contribution < 1.29 is 29.0 Å². The summed E-state index contributed by atoms with van der Waals surface area (Å²) in [4.78, 5) is 47.6. The van der Waals surface area contributed by atoms with Crippen LogP contribution < -0.4 is 9.80 Å². The third-order valence-corrected chi connectivity index (χ3v) is 9.41. The molecule has 3 aliphatic rings. The molecule has 7 atom stereocenters. The van der Waals surface area contributed by atoms with Gasteiger partial charge in [0, 0.05) is 31.0 Å². The number of anilines is 2. The normalized spacial score (nSPS) is 30.6. The predicted molar refractivity (Wildman–Crippen MR) is 158 cm³/mol. The summed E-state index contributed by atoms with van der Waals surface area (Å²) >= 11 is 0. The molecule has 9 nitrogen and oxygen atoms in total. The number of hydrogen-bond acceptors (Lipinski definition) is 7. The number of ether oxygens (including phenoxy) is 2. The molecule has 1 aromatic carbocycles. The molecular weight excluding hydrogens is 522 g/mol. The Balaban J connectivity index is 1.77. The lowest BCUT2D eigenvalue weighted by Crippen LogP contribution is -2.58. The number of carbonyl (C=O) groups excluding carboxylic acids is 3. The number of rotatable bonds is 13. The van der Waals surface area contributed by atoms with Crippen molar-refractivity contribution in [1.82, 2.24) is 4.90 Å². The molecule has 1 spiro atoms. The third kappa shape index (κ3) is 4.87. The van der Waals surface area contributed by atoms with Crippen LogP contribution in [0.25, 0.3) is 0 Å². The Hall–Kier alpha value is -3.17. The first-order chi connectivity index (χ1) is 19.6. The van der Waals surface area contributed by atoms with Gasteiger partial charge in [-0.3, -0.25) is 14.4 Å². The van der Waals surface area contributed by atoms with Crippen molar-refractivity contribution in [2.75, 3.05) is 42.6 Å². The highest BCUT2D eigenvalue weighted by atomic mass is 16.6. The SMILES string of the molecule is C=CCCOC(=O)[C@H]1[C@H]2C(=O)N([C@H](C)CO)C(C(=O)N(CC=C)c3ccc(N(CC)CC)cc3)C23CC(C)[C@]1(C)O3. The second-order valence-corrected chi connectivity index (χ2v) is 11.7. The van der Waals surface area contributed by atoms with Crippen LogP contribution in [-0.2, 0) is 23.9 Å². The fourth-order valence-electron chi connectivity index (χ4n) is 7.24. The first-order valence-corrected chi connectivity index (χ1v) is 14.7. The summed E-state index contributed by atoms with van der Waals surface area (Å²) in [5.41, 5.74) is -0.476. The van der Waals surface area contributed by atoms with E-state index < -0.39 is 41.1 Å². The zero-order valence-electron chi connectivity index (χ0n) is 25.0. The van der Waals surface area contributed by atoms with Gasteiger partial charge in [-0.15, -0.1) is 13.2 Å². The van der Waals surface area contributed by atoms with E-state index in [0.717, 1.165) is 18.8 Å². The van der Waals surface area contributed by atoms with Gasteiger partial charge in [0.1, 0.15) is 17.6 Å². The molecule has 3 aliphatic heterocycles. The zero-order chi connectivity index (χ0) is 30.1. The van der Waals surface area contributed by atoms with Crippen molar-refractivity contribution >= 4 is 29.2 Å². The maximum Gasteiger partial charge on any atom is 0.312 e. The Labute approximate surface area is 243 Å². The second-order valence-electron chi connectivity index (χ2n) is 11.7. The van der Waals surface area contributed by atoms with Gasteiger partial charge in [0.05, 0.1) is 30.8 Å². The summed E-state index contributed by atoms with van der Waals surface area (Å²) < 4.78 is 12.3. The van der Waals surface area contributed by atoms with Gasteiger partial charge in [-0.2, -0.15) is 0 Å². The van der Waals surface area contributed by atoms with Gasteiger partial charge in [-0.25, -0.2) is 0 Å². The number of aliphatic hydroxyl groups is 1.